The average molecular weight is 364 g/mol. The van der Waals surface area contributed by atoms with Gasteiger partial charge in [0.1, 0.15) is 12.1 Å². The molecule has 0 saturated carbocycles. The Labute approximate surface area is 151 Å². The van der Waals surface area contributed by atoms with Crippen molar-refractivity contribution in [1.82, 2.24) is 16.0 Å². The fraction of sp³-hybridized carbons (Fsp3) is 0.412. The molecule has 9 nitrogen and oxygen atoms in total. The van der Waals surface area contributed by atoms with E-state index in [0.29, 0.717) is 0 Å². The fourth-order valence-electron chi connectivity index (χ4n) is 2.03. The third-order valence-corrected chi connectivity index (χ3v) is 3.50. The van der Waals surface area contributed by atoms with Crippen LogP contribution in [0.3, 0.4) is 0 Å². The number of amides is 3. The van der Waals surface area contributed by atoms with Crippen LogP contribution >= 0.6 is 0 Å². The molecule has 0 aromatic heterocycles. The van der Waals surface area contributed by atoms with E-state index < -0.39 is 48.4 Å². The highest BCUT2D eigenvalue weighted by Crippen LogP contribution is 2.03. The van der Waals surface area contributed by atoms with E-state index in [1.807, 2.05) is 0 Å². The van der Waals surface area contributed by atoms with Gasteiger partial charge in [-0.2, -0.15) is 0 Å². The van der Waals surface area contributed by atoms with Crippen LogP contribution in [0.4, 0.5) is 0 Å². The van der Waals surface area contributed by atoms with Gasteiger partial charge in [-0.15, -0.1) is 0 Å². The predicted octanol–water partition coefficient (Wildman–Crippen LogP) is -1.23. The molecule has 0 radical (unpaired) electrons. The Morgan fingerprint density at radius 3 is 2.19 bits per heavy atom. The number of hydrogen-bond acceptors (Lipinski definition) is 5. The van der Waals surface area contributed by atoms with Crippen molar-refractivity contribution in [3.8, 4) is 0 Å². The van der Waals surface area contributed by atoms with Crippen molar-refractivity contribution in [2.24, 2.45) is 5.73 Å². The summed E-state index contributed by atoms with van der Waals surface area (Å²) in [5.74, 6) is -2.89. The van der Waals surface area contributed by atoms with E-state index in [4.69, 9.17) is 5.73 Å². The van der Waals surface area contributed by atoms with Gasteiger partial charge < -0.3 is 26.8 Å². The Balaban J connectivity index is 2.49. The normalized spacial score (nSPS) is 13.8. The van der Waals surface area contributed by atoms with Gasteiger partial charge in [-0.25, -0.2) is 4.79 Å². The molecule has 0 aliphatic carbocycles. The van der Waals surface area contributed by atoms with Crippen LogP contribution in [-0.2, 0) is 25.6 Å². The summed E-state index contributed by atoms with van der Waals surface area (Å²) >= 11 is 0. The van der Waals surface area contributed by atoms with Crippen LogP contribution in [0.1, 0.15) is 19.4 Å². The van der Waals surface area contributed by atoms with Gasteiger partial charge in [-0.05, 0) is 19.4 Å². The lowest BCUT2D eigenvalue weighted by Crippen LogP contribution is -2.52. The average Bonchev–Trinajstić information content (AvgIpc) is 2.59. The minimum absolute atomic E-state index is 0.122. The van der Waals surface area contributed by atoms with Crippen molar-refractivity contribution in [3.05, 3.63) is 35.9 Å². The molecule has 3 amide bonds. The van der Waals surface area contributed by atoms with Gasteiger partial charge in [0.2, 0.25) is 17.7 Å². The number of nitrogens with one attached hydrogen (secondary N) is 3. The van der Waals surface area contributed by atoms with Gasteiger partial charge in [-0.3, -0.25) is 14.4 Å². The van der Waals surface area contributed by atoms with Gasteiger partial charge in [0, 0.05) is 6.42 Å². The molecule has 142 valence electrons. The molecular weight excluding hydrogens is 340 g/mol. The highest BCUT2D eigenvalue weighted by atomic mass is 16.4. The van der Waals surface area contributed by atoms with Crippen LogP contribution in [-0.4, -0.2) is 53.5 Å². The summed E-state index contributed by atoms with van der Waals surface area (Å²) in [5.41, 5.74) is 6.15. The summed E-state index contributed by atoms with van der Waals surface area (Å²) < 4.78 is 0. The summed E-state index contributed by atoms with van der Waals surface area (Å²) in [6.45, 7) is 2.52. The number of nitrogens with two attached hydrogens (primary N) is 1. The first-order valence-electron chi connectivity index (χ1n) is 8.10. The van der Waals surface area contributed by atoms with Crippen LogP contribution in [0.25, 0.3) is 0 Å². The second kappa shape index (κ2) is 10.1. The number of carbonyl (C=O) groups excluding carboxylic acids is 3. The molecule has 3 atom stereocenters. The van der Waals surface area contributed by atoms with Gasteiger partial charge in [0.05, 0.1) is 12.6 Å². The second-order valence-electron chi connectivity index (χ2n) is 5.88. The second-order valence-corrected chi connectivity index (χ2v) is 5.88. The first-order valence-corrected chi connectivity index (χ1v) is 8.10. The molecule has 26 heavy (non-hydrogen) atoms. The third kappa shape index (κ3) is 7.31. The van der Waals surface area contributed by atoms with Crippen molar-refractivity contribution >= 4 is 23.7 Å². The fourth-order valence-corrected chi connectivity index (χ4v) is 2.03. The molecule has 1 rings (SSSR count). The van der Waals surface area contributed by atoms with E-state index in [0.717, 1.165) is 5.56 Å². The van der Waals surface area contributed by atoms with Gasteiger partial charge in [-0.1, -0.05) is 30.3 Å². The molecule has 1 aromatic carbocycles. The van der Waals surface area contributed by atoms with E-state index >= 15 is 0 Å². The van der Waals surface area contributed by atoms with Crippen LogP contribution in [0.15, 0.2) is 30.3 Å². The topological polar surface area (TPSA) is 151 Å². The molecule has 6 N–H and O–H groups in total. The van der Waals surface area contributed by atoms with Crippen molar-refractivity contribution in [3.63, 3.8) is 0 Å². The summed E-state index contributed by atoms with van der Waals surface area (Å²) in [7, 11) is 0. The quantitative estimate of drug-likeness (QED) is 0.370. The van der Waals surface area contributed by atoms with E-state index in [1.165, 1.54) is 13.8 Å². The minimum Gasteiger partial charge on any atom is -0.480 e. The van der Waals surface area contributed by atoms with Gasteiger partial charge in [0.25, 0.3) is 0 Å². The van der Waals surface area contributed by atoms with Gasteiger partial charge >= 0.3 is 5.97 Å². The van der Waals surface area contributed by atoms with Crippen molar-refractivity contribution in [2.45, 2.75) is 38.4 Å². The molecule has 3 unspecified atom stereocenters. The number of benzene rings is 1. The lowest BCUT2D eigenvalue weighted by Gasteiger charge is -2.17. The largest absolute Gasteiger partial charge is 0.480 e. The molecule has 0 saturated heterocycles. The van der Waals surface area contributed by atoms with Crippen molar-refractivity contribution in [2.75, 3.05) is 6.54 Å². The molecule has 0 fully saturated rings. The van der Waals surface area contributed by atoms with E-state index in [-0.39, 0.29) is 6.42 Å². The number of hydrogen-bond donors (Lipinski definition) is 5. The number of carbonyl (C=O) groups is 4. The maximum atomic E-state index is 11.9. The molecule has 1 aromatic rings. The molecule has 0 aliphatic heterocycles. The zero-order valence-electron chi connectivity index (χ0n) is 14.7. The maximum Gasteiger partial charge on any atom is 0.326 e. The summed E-state index contributed by atoms with van der Waals surface area (Å²) in [4.78, 5) is 46.5. The number of carboxylic acids is 1. The maximum absolute atomic E-state index is 11.9. The highest BCUT2D eigenvalue weighted by molar-refractivity contribution is 5.92. The third-order valence-electron chi connectivity index (χ3n) is 3.50. The number of rotatable bonds is 9. The van der Waals surface area contributed by atoms with Crippen molar-refractivity contribution in [1.29, 1.82) is 0 Å². The molecule has 0 heterocycles. The number of aliphatic carboxylic acids is 1. The smallest absolute Gasteiger partial charge is 0.326 e. The predicted molar refractivity (Wildman–Crippen MR) is 94.0 cm³/mol. The van der Waals surface area contributed by atoms with Crippen molar-refractivity contribution < 1.29 is 24.3 Å². The molecule has 0 bridgehead atoms. The Morgan fingerprint density at radius 2 is 1.65 bits per heavy atom. The monoisotopic (exact) mass is 364 g/mol. The van der Waals surface area contributed by atoms with Crippen LogP contribution in [0.5, 0.6) is 0 Å². The van der Waals surface area contributed by atoms with Gasteiger partial charge in [0.15, 0.2) is 0 Å². The SMILES string of the molecule is CC(N)C(=O)NC(C)C(=O)NCC(=O)NC(Cc1ccccc1)C(=O)O. The Hall–Kier alpha value is -2.94. The Kier molecular flexibility index (Phi) is 8.23. The summed E-state index contributed by atoms with van der Waals surface area (Å²) in [6, 6.07) is 6.11. The van der Waals surface area contributed by atoms with E-state index in [1.54, 1.807) is 30.3 Å². The molecular formula is C17H24N4O5. The molecule has 9 heteroatoms. The van der Waals surface area contributed by atoms with E-state index in [2.05, 4.69) is 16.0 Å². The zero-order valence-corrected chi connectivity index (χ0v) is 14.7. The lowest BCUT2D eigenvalue weighted by atomic mass is 10.1. The first-order chi connectivity index (χ1) is 12.2. The Morgan fingerprint density at radius 1 is 1.04 bits per heavy atom. The molecule has 0 spiro atoms. The summed E-state index contributed by atoms with van der Waals surface area (Å²) in [6.07, 6.45) is 0.122. The molecule has 0 aliphatic rings. The lowest BCUT2D eigenvalue weighted by molar-refractivity contribution is -0.141. The standard InChI is InChI=1S/C17H24N4O5/c1-10(18)15(23)20-11(2)16(24)19-9-14(22)21-13(17(25)26)8-12-6-4-3-5-7-12/h3-7,10-11,13H,8-9,18H2,1-2H3,(H,19,24)(H,20,23)(H,21,22)(H,25,26). The zero-order chi connectivity index (χ0) is 19.7. The first kappa shape index (κ1) is 21.1. The van der Waals surface area contributed by atoms with Crippen LogP contribution < -0.4 is 21.7 Å². The van der Waals surface area contributed by atoms with Crippen LogP contribution in [0.2, 0.25) is 0 Å². The highest BCUT2D eigenvalue weighted by Gasteiger charge is 2.22. The minimum atomic E-state index is -1.17. The summed E-state index contributed by atoms with van der Waals surface area (Å²) in [5, 5.41) is 16.3. The Bertz CT molecular complexity index is 648. The number of carboxylic acid groups (broad SMARTS) is 1. The van der Waals surface area contributed by atoms with E-state index in [9.17, 15) is 24.3 Å². The van der Waals surface area contributed by atoms with Crippen LogP contribution in [0, 0.1) is 0 Å².